The molecular weight excluding hydrogens is 556 g/mol. The molecule has 0 aromatic heterocycles. The number of rotatable bonds is 18. The highest BCUT2D eigenvalue weighted by atomic mass is 16.3. The van der Waals surface area contributed by atoms with Crippen molar-refractivity contribution < 1.29 is 5.11 Å². The zero-order valence-corrected chi connectivity index (χ0v) is 31.5. The highest BCUT2D eigenvalue weighted by Gasteiger charge is 2.40. The normalized spacial score (nSPS) is 20.2. The molecule has 0 amide bonds. The van der Waals surface area contributed by atoms with E-state index in [-0.39, 0.29) is 12.0 Å². The standard InChI is InChI=1S/C45H68O/c1-35(2)18-14-21-39(7)24-16-26-40(8)25-15-22-37(5)19-12-13-20-38(6)23-17-27-41(9)29-33-44-42(34-46)30-32-43(45(44,10)11)31-28-36(3)4/h12-13,15,17-20,22-25,27-28,30,43-44,46H,14,16,21,26,29,31-34H2,1-11H3/b13-12+,22-15+,23-17+,37-19+,38-20+,39-24+,40-25+,41-27+. The van der Waals surface area contributed by atoms with Crippen LogP contribution in [-0.2, 0) is 0 Å². The van der Waals surface area contributed by atoms with Crippen molar-refractivity contribution in [3.63, 3.8) is 0 Å². The summed E-state index contributed by atoms with van der Waals surface area (Å²) in [6.07, 6.45) is 40.0. The first kappa shape index (κ1) is 41.1. The molecule has 1 rings (SSSR count). The lowest BCUT2D eigenvalue weighted by atomic mass is 9.60. The third-order valence-corrected chi connectivity index (χ3v) is 9.31. The Bertz CT molecular complexity index is 1260. The van der Waals surface area contributed by atoms with E-state index in [1.165, 1.54) is 44.6 Å². The Hall–Kier alpha value is -2.90. The summed E-state index contributed by atoms with van der Waals surface area (Å²) in [5.74, 6) is 1.05. The minimum Gasteiger partial charge on any atom is -0.392 e. The van der Waals surface area contributed by atoms with Gasteiger partial charge in [-0.15, -0.1) is 0 Å². The van der Waals surface area contributed by atoms with Crippen LogP contribution >= 0.6 is 0 Å². The summed E-state index contributed by atoms with van der Waals surface area (Å²) in [5, 5.41) is 10.1. The summed E-state index contributed by atoms with van der Waals surface area (Å²) in [6, 6.07) is 0. The quantitative estimate of drug-likeness (QED) is 0.119. The molecule has 1 nitrogen and oxygen atoms in total. The number of allylic oxidation sites excluding steroid dienone is 21. The van der Waals surface area contributed by atoms with Gasteiger partial charge in [0, 0.05) is 0 Å². The lowest BCUT2D eigenvalue weighted by Crippen LogP contribution is -2.37. The zero-order valence-electron chi connectivity index (χ0n) is 31.5. The third-order valence-electron chi connectivity index (χ3n) is 9.31. The summed E-state index contributed by atoms with van der Waals surface area (Å²) >= 11 is 0. The summed E-state index contributed by atoms with van der Waals surface area (Å²) in [4.78, 5) is 0. The number of hydrogen-bond acceptors (Lipinski definition) is 1. The van der Waals surface area contributed by atoms with E-state index >= 15 is 0 Å². The Morgan fingerprint density at radius 2 is 1.20 bits per heavy atom. The van der Waals surface area contributed by atoms with Gasteiger partial charge in [0.1, 0.15) is 0 Å². The van der Waals surface area contributed by atoms with E-state index in [1.807, 2.05) is 0 Å². The van der Waals surface area contributed by atoms with Gasteiger partial charge in [0.15, 0.2) is 0 Å². The first-order valence-corrected chi connectivity index (χ1v) is 17.7. The molecule has 1 heteroatoms. The van der Waals surface area contributed by atoms with Crippen LogP contribution in [0.15, 0.2) is 130 Å². The molecule has 0 heterocycles. The highest BCUT2D eigenvalue weighted by molar-refractivity contribution is 5.30. The summed E-state index contributed by atoms with van der Waals surface area (Å²) in [6.45, 7) is 24.7. The maximum absolute atomic E-state index is 10.1. The SMILES string of the molecule is CC(C)=CCC/C(C)=C/CC/C(C)=C/C=C/C(C)=C/C=C/C=C(C)/C=C/C=C(\C)CCC1C(CO)=CCC(CC=C(C)C)C1(C)C. The first-order chi connectivity index (χ1) is 21.8. The molecule has 0 aromatic rings. The van der Waals surface area contributed by atoms with Crippen LogP contribution in [-0.4, -0.2) is 11.7 Å². The Labute approximate surface area is 285 Å². The number of aliphatic hydroxyl groups is 1. The van der Waals surface area contributed by atoms with E-state index in [0.29, 0.717) is 11.8 Å². The van der Waals surface area contributed by atoms with Crippen LogP contribution in [0.25, 0.3) is 0 Å². The van der Waals surface area contributed by atoms with Gasteiger partial charge in [-0.05, 0) is 137 Å². The van der Waals surface area contributed by atoms with Gasteiger partial charge in [-0.3, -0.25) is 0 Å². The van der Waals surface area contributed by atoms with Crippen molar-refractivity contribution in [2.45, 2.75) is 128 Å². The molecule has 1 aliphatic carbocycles. The average molecular weight is 625 g/mol. The van der Waals surface area contributed by atoms with Crippen molar-refractivity contribution in [1.82, 2.24) is 0 Å². The minimum atomic E-state index is 0.181. The minimum absolute atomic E-state index is 0.181. The van der Waals surface area contributed by atoms with E-state index in [0.717, 1.165) is 51.4 Å². The van der Waals surface area contributed by atoms with Gasteiger partial charge >= 0.3 is 0 Å². The molecule has 0 bridgehead atoms. The highest BCUT2D eigenvalue weighted by Crippen LogP contribution is 2.49. The van der Waals surface area contributed by atoms with Crippen LogP contribution in [0.1, 0.15) is 128 Å². The Kier molecular flexibility index (Phi) is 20.2. The van der Waals surface area contributed by atoms with E-state index in [9.17, 15) is 5.11 Å². The van der Waals surface area contributed by atoms with Crippen molar-refractivity contribution in [3.8, 4) is 0 Å². The second kappa shape index (κ2) is 22.6. The first-order valence-electron chi connectivity index (χ1n) is 17.7. The Morgan fingerprint density at radius 3 is 1.74 bits per heavy atom. The number of hydrogen-bond donors (Lipinski definition) is 1. The molecule has 0 fully saturated rings. The van der Waals surface area contributed by atoms with Crippen molar-refractivity contribution in [1.29, 1.82) is 0 Å². The molecule has 0 saturated heterocycles. The molecule has 2 unspecified atom stereocenters. The fourth-order valence-electron chi connectivity index (χ4n) is 6.04. The molecule has 46 heavy (non-hydrogen) atoms. The lowest BCUT2D eigenvalue weighted by Gasteiger charge is -2.45. The van der Waals surface area contributed by atoms with Gasteiger partial charge in [0.25, 0.3) is 0 Å². The van der Waals surface area contributed by atoms with Gasteiger partial charge in [-0.25, -0.2) is 0 Å². The maximum Gasteiger partial charge on any atom is 0.0644 e. The second-order valence-corrected chi connectivity index (χ2v) is 14.7. The van der Waals surface area contributed by atoms with Crippen LogP contribution < -0.4 is 0 Å². The second-order valence-electron chi connectivity index (χ2n) is 14.7. The molecule has 1 aliphatic rings. The van der Waals surface area contributed by atoms with Crippen molar-refractivity contribution >= 4 is 0 Å². The Balaban J connectivity index is 2.59. The van der Waals surface area contributed by atoms with Crippen LogP contribution in [0, 0.1) is 17.3 Å². The molecule has 0 radical (unpaired) electrons. The molecule has 254 valence electrons. The third kappa shape index (κ3) is 17.7. The predicted molar refractivity (Wildman–Crippen MR) is 208 cm³/mol. The smallest absolute Gasteiger partial charge is 0.0644 e. The average Bonchev–Trinajstić information content (AvgIpc) is 2.97. The Morgan fingerprint density at radius 1 is 0.674 bits per heavy atom. The fraction of sp³-hybridized carbons (Fsp3) is 0.511. The van der Waals surface area contributed by atoms with E-state index < -0.39 is 0 Å². The summed E-state index contributed by atoms with van der Waals surface area (Å²) < 4.78 is 0. The molecule has 0 aliphatic heterocycles. The molecule has 0 aromatic carbocycles. The molecule has 0 spiro atoms. The van der Waals surface area contributed by atoms with E-state index in [4.69, 9.17) is 0 Å². The monoisotopic (exact) mass is 625 g/mol. The van der Waals surface area contributed by atoms with Crippen LogP contribution in [0.5, 0.6) is 0 Å². The lowest BCUT2D eigenvalue weighted by molar-refractivity contribution is 0.107. The molecule has 1 N–H and O–H groups in total. The van der Waals surface area contributed by atoms with Crippen LogP contribution in [0.3, 0.4) is 0 Å². The fourth-order valence-corrected chi connectivity index (χ4v) is 6.04. The van der Waals surface area contributed by atoms with Crippen molar-refractivity contribution in [2.75, 3.05) is 6.61 Å². The summed E-state index contributed by atoms with van der Waals surface area (Å²) in [5.41, 5.74) is 11.0. The molecule has 2 atom stereocenters. The van der Waals surface area contributed by atoms with Crippen LogP contribution in [0.2, 0.25) is 0 Å². The molecular formula is C45H68O. The van der Waals surface area contributed by atoms with Crippen molar-refractivity contribution in [2.24, 2.45) is 17.3 Å². The van der Waals surface area contributed by atoms with E-state index in [1.54, 1.807) is 0 Å². The van der Waals surface area contributed by atoms with Gasteiger partial charge in [-0.1, -0.05) is 138 Å². The predicted octanol–water partition coefficient (Wildman–Crippen LogP) is 13.6. The van der Waals surface area contributed by atoms with Gasteiger partial charge < -0.3 is 5.11 Å². The van der Waals surface area contributed by atoms with Gasteiger partial charge in [0.2, 0.25) is 0 Å². The van der Waals surface area contributed by atoms with Crippen molar-refractivity contribution in [3.05, 3.63) is 130 Å². The van der Waals surface area contributed by atoms with E-state index in [2.05, 4.69) is 161 Å². The largest absolute Gasteiger partial charge is 0.392 e. The zero-order chi connectivity index (χ0) is 34.5. The molecule has 0 saturated carbocycles. The van der Waals surface area contributed by atoms with Gasteiger partial charge in [0.05, 0.1) is 6.61 Å². The van der Waals surface area contributed by atoms with Gasteiger partial charge in [-0.2, -0.15) is 0 Å². The number of aliphatic hydroxyl groups excluding tert-OH is 1. The maximum atomic E-state index is 10.1. The topological polar surface area (TPSA) is 20.2 Å². The van der Waals surface area contributed by atoms with Crippen LogP contribution in [0.4, 0.5) is 0 Å². The summed E-state index contributed by atoms with van der Waals surface area (Å²) in [7, 11) is 0.